The molecule has 3 nitrogen and oxygen atoms in total. The van der Waals surface area contributed by atoms with Crippen molar-refractivity contribution in [2.24, 2.45) is 0 Å². The molecule has 3 rings (SSSR count). The monoisotopic (exact) mass is 399 g/mol. The van der Waals surface area contributed by atoms with E-state index in [1.165, 1.54) is 18.2 Å². The van der Waals surface area contributed by atoms with Crippen molar-refractivity contribution in [1.29, 1.82) is 0 Å². The minimum atomic E-state index is -4.54. The lowest BCUT2D eigenvalue weighted by molar-refractivity contribution is -0.0696. The lowest BCUT2D eigenvalue weighted by Crippen LogP contribution is -2.28. The molecular formula is C18H14Cl2F3N3. The quantitative estimate of drug-likeness (QED) is 0.751. The zero-order valence-electron chi connectivity index (χ0n) is 13.5. The summed E-state index contributed by atoms with van der Waals surface area (Å²) in [5.74, 6) is 3.25. The summed E-state index contributed by atoms with van der Waals surface area (Å²) in [5.41, 5.74) is 1.35. The van der Waals surface area contributed by atoms with Gasteiger partial charge in [-0.25, -0.2) is 0 Å². The Morgan fingerprint density at radius 2 is 1.96 bits per heavy atom. The molecule has 0 spiro atoms. The topological polar surface area (TPSA) is 37.8 Å². The van der Waals surface area contributed by atoms with Crippen LogP contribution in [0.3, 0.4) is 0 Å². The van der Waals surface area contributed by atoms with Gasteiger partial charge in [-0.2, -0.15) is 13.2 Å². The van der Waals surface area contributed by atoms with Crippen molar-refractivity contribution < 1.29 is 13.2 Å². The summed E-state index contributed by atoms with van der Waals surface area (Å²) in [4.78, 5) is 8.49. The number of nitrogens with one attached hydrogen (secondary N) is 1. The number of rotatable bonds is 5. The van der Waals surface area contributed by atoms with E-state index in [0.29, 0.717) is 28.8 Å². The highest BCUT2D eigenvalue weighted by Crippen LogP contribution is 2.49. The summed E-state index contributed by atoms with van der Waals surface area (Å²) in [6.07, 6.45) is 0.261. The van der Waals surface area contributed by atoms with Crippen LogP contribution in [0, 0.1) is 11.8 Å². The standard InChI is InChI=1S/C18H14Cl2F3N3/c19-13-2-1-7-25-15(13)10-24-11-17(5-6-17)16-14(20)8-12(9-26-16)3-4-18(21,22)23/h1-2,7-9,24H,5-6,10-11H2. The van der Waals surface area contributed by atoms with Gasteiger partial charge in [-0.3, -0.25) is 9.97 Å². The Morgan fingerprint density at radius 1 is 1.19 bits per heavy atom. The van der Waals surface area contributed by atoms with Crippen LogP contribution in [0.1, 0.15) is 29.8 Å². The van der Waals surface area contributed by atoms with Crippen molar-refractivity contribution in [2.75, 3.05) is 6.54 Å². The molecule has 136 valence electrons. The van der Waals surface area contributed by atoms with Crippen molar-refractivity contribution in [3.05, 3.63) is 57.6 Å². The highest BCUT2D eigenvalue weighted by atomic mass is 35.5. The molecule has 8 heteroatoms. The number of nitrogens with zero attached hydrogens (tertiary/aromatic N) is 2. The number of hydrogen-bond donors (Lipinski definition) is 1. The molecule has 1 aliphatic carbocycles. The van der Waals surface area contributed by atoms with E-state index in [1.807, 2.05) is 5.92 Å². The van der Waals surface area contributed by atoms with Crippen LogP contribution in [0.4, 0.5) is 13.2 Å². The molecule has 1 saturated carbocycles. The van der Waals surface area contributed by atoms with Crippen molar-refractivity contribution in [3.63, 3.8) is 0 Å². The molecule has 2 aromatic heterocycles. The second-order valence-corrected chi connectivity index (χ2v) is 6.93. The molecule has 0 aliphatic heterocycles. The van der Waals surface area contributed by atoms with Gasteiger partial charge >= 0.3 is 6.18 Å². The number of pyridine rings is 2. The van der Waals surface area contributed by atoms with Gasteiger partial charge in [0.15, 0.2) is 0 Å². The zero-order valence-corrected chi connectivity index (χ0v) is 15.0. The summed E-state index contributed by atoms with van der Waals surface area (Å²) in [6, 6.07) is 4.97. The lowest BCUT2D eigenvalue weighted by Gasteiger charge is -2.17. The molecule has 26 heavy (non-hydrogen) atoms. The largest absolute Gasteiger partial charge is 0.458 e. The molecule has 0 saturated heterocycles. The van der Waals surface area contributed by atoms with Crippen molar-refractivity contribution in [3.8, 4) is 11.8 Å². The third-order valence-corrected chi connectivity index (χ3v) is 4.77. The van der Waals surface area contributed by atoms with Crippen LogP contribution < -0.4 is 5.32 Å². The van der Waals surface area contributed by atoms with Crippen LogP contribution in [-0.4, -0.2) is 22.7 Å². The maximum Gasteiger partial charge on any atom is 0.458 e. The van der Waals surface area contributed by atoms with Gasteiger partial charge in [-0.05, 0) is 31.0 Å². The van der Waals surface area contributed by atoms with Crippen LogP contribution in [0.5, 0.6) is 0 Å². The third-order valence-electron chi connectivity index (χ3n) is 4.14. The van der Waals surface area contributed by atoms with Crippen LogP contribution in [0.15, 0.2) is 30.6 Å². The number of hydrogen-bond acceptors (Lipinski definition) is 3. The van der Waals surface area contributed by atoms with Crippen molar-refractivity contribution in [2.45, 2.75) is 31.0 Å². The van der Waals surface area contributed by atoms with E-state index >= 15 is 0 Å². The Balaban J connectivity index is 1.68. The average Bonchev–Trinajstić information content (AvgIpc) is 3.35. The summed E-state index contributed by atoms with van der Waals surface area (Å²) < 4.78 is 36.5. The van der Waals surface area contributed by atoms with Gasteiger partial charge < -0.3 is 5.32 Å². The predicted molar refractivity (Wildman–Crippen MR) is 94.0 cm³/mol. The van der Waals surface area contributed by atoms with Gasteiger partial charge in [0.05, 0.1) is 21.4 Å². The normalized spacial score (nSPS) is 15.3. The van der Waals surface area contributed by atoms with E-state index in [1.54, 1.807) is 18.3 Å². The minimum Gasteiger partial charge on any atom is -0.310 e. The van der Waals surface area contributed by atoms with E-state index in [-0.39, 0.29) is 11.0 Å². The van der Waals surface area contributed by atoms with Gasteiger partial charge in [-0.15, -0.1) is 0 Å². The minimum absolute atomic E-state index is 0.139. The summed E-state index contributed by atoms with van der Waals surface area (Å²) in [5, 5.41) is 4.23. The van der Waals surface area contributed by atoms with E-state index in [0.717, 1.165) is 18.5 Å². The molecule has 2 aromatic rings. The first-order valence-corrected chi connectivity index (χ1v) is 8.61. The summed E-state index contributed by atoms with van der Waals surface area (Å²) in [6.45, 7) is 1.13. The fourth-order valence-electron chi connectivity index (χ4n) is 2.66. The Labute approximate surface area is 158 Å². The second-order valence-electron chi connectivity index (χ2n) is 6.12. The SMILES string of the molecule is FC(F)(F)C#Cc1cnc(C2(CNCc3ncccc3Cl)CC2)c(Cl)c1. The van der Waals surface area contributed by atoms with Crippen LogP contribution in [0.2, 0.25) is 10.0 Å². The zero-order chi connectivity index (χ0) is 18.8. The molecule has 0 radical (unpaired) electrons. The first-order valence-electron chi connectivity index (χ1n) is 7.85. The number of aromatic nitrogens is 2. The fourth-order valence-corrected chi connectivity index (χ4v) is 3.21. The molecule has 1 N–H and O–H groups in total. The van der Waals surface area contributed by atoms with Gasteiger partial charge in [0, 0.05) is 42.4 Å². The third kappa shape index (κ3) is 4.67. The maximum atomic E-state index is 12.2. The molecule has 0 unspecified atom stereocenters. The highest BCUT2D eigenvalue weighted by molar-refractivity contribution is 6.31. The van der Waals surface area contributed by atoms with Gasteiger partial charge in [0.25, 0.3) is 0 Å². The Hall–Kier alpha value is -1.81. The van der Waals surface area contributed by atoms with Crippen LogP contribution in [0.25, 0.3) is 0 Å². The number of halogens is 5. The van der Waals surface area contributed by atoms with Gasteiger partial charge in [-0.1, -0.05) is 29.1 Å². The molecule has 1 fully saturated rings. The van der Waals surface area contributed by atoms with Crippen LogP contribution in [-0.2, 0) is 12.0 Å². The van der Waals surface area contributed by atoms with Gasteiger partial charge in [0.2, 0.25) is 0 Å². The molecule has 2 heterocycles. The van der Waals surface area contributed by atoms with Crippen LogP contribution >= 0.6 is 23.2 Å². The second kappa shape index (κ2) is 7.43. The van der Waals surface area contributed by atoms with Crippen molar-refractivity contribution >= 4 is 23.2 Å². The number of alkyl halides is 3. The first kappa shape index (κ1) is 19.0. The lowest BCUT2D eigenvalue weighted by atomic mass is 10.0. The highest BCUT2D eigenvalue weighted by Gasteiger charge is 2.46. The Morgan fingerprint density at radius 3 is 2.58 bits per heavy atom. The Kier molecular flexibility index (Phi) is 5.42. The summed E-state index contributed by atoms with van der Waals surface area (Å²) >= 11 is 12.3. The van der Waals surface area contributed by atoms with E-state index in [2.05, 4.69) is 15.3 Å². The van der Waals surface area contributed by atoms with Crippen molar-refractivity contribution in [1.82, 2.24) is 15.3 Å². The smallest absolute Gasteiger partial charge is 0.310 e. The van der Waals surface area contributed by atoms with Gasteiger partial charge in [0.1, 0.15) is 0 Å². The molecule has 0 amide bonds. The van der Waals surface area contributed by atoms with E-state index in [4.69, 9.17) is 23.2 Å². The maximum absolute atomic E-state index is 12.2. The predicted octanol–water partition coefficient (Wildman–Crippen LogP) is 4.52. The summed E-state index contributed by atoms with van der Waals surface area (Å²) in [7, 11) is 0. The van der Waals surface area contributed by atoms with E-state index in [9.17, 15) is 13.2 Å². The molecule has 1 aliphatic rings. The Bertz CT molecular complexity index is 868. The first-order chi connectivity index (χ1) is 12.3. The molecular weight excluding hydrogens is 386 g/mol. The fraction of sp³-hybridized carbons (Fsp3) is 0.333. The molecule has 0 aromatic carbocycles. The molecule has 0 atom stereocenters. The average molecular weight is 400 g/mol. The molecule has 0 bridgehead atoms. The van der Waals surface area contributed by atoms with E-state index < -0.39 is 6.18 Å².